The van der Waals surface area contributed by atoms with Gasteiger partial charge in [0.05, 0.1) is 6.10 Å². The van der Waals surface area contributed by atoms with Gasteiger partial charge in [0.1, 0.15) is 0 Å². The largest absolute Gasteiger partial charge is 0.377 e. The van der Waals surface area contributed by atoms with Gasteiger partial charge in [-0.3, -0.25) is 9.80 Å². The summed E-state index contributed by atoms with van der Waals surface area (Å²) < 4.78 is 5.85. The second-order valence-corrected chi connectivity index (χ2v) is 7.94. The summed E-state index contributed by atoms with van der Waals surface area (Å²) in [6, 6.07) is 0.706. The molecule has 0 saturated carbocycles. The Morgan fingerprint density at radius 2 is 2.22 bits per heavy atom. The molecule has 2 atom stereocenters. The van der Waals surface area contributed by atoms with Gasteiger partial charge in [-0.05, 0) is 38.0 Å². The monoisotopic (exact) mass is 318 g/mol. The second kappa shape index (κ2) is 8.46. The number of nitrogens with zero attached hydrogens (tertiary/aromatic N) is 2. The van der Waals surface area contributed by atoms with Crippen LogP contribution in [0.2, 0.25) is 0 Å². The molecule has 0 amide bonds. The fourth-order valence-electron chi connectivity index (χ4n) is 4.22. The average molecular weight is 319 g/mol. The van der Waals surface area contributed by atoms with E-state index in [2.05, 4.69) is 41.9 Å². The zero-order valence-electron chi connectivity index (χ0n) is 15.0. The molecule has 0 aromatic carbocycles. The maximum absolute atomic E-state index is 5.85. The molecule has 2 unspecified atom stereocenters. The van der Waals surface area contributed by atoms with E-state index < -0.39 is 0 Å². The first-order chi connectivity index (χ1) is 11.2. The molecule has 2 fully saturated rings. The molecule has 0 aromatic rings. The van der Waals surface area contributed by atoms with Gasteiger partial charge in [0.2, 0.25) is 0 Å². The summed E-state index contributed by atoms with van der Waals surface area (Å²) >= 11 is 0. The van der Waals surface area contributed by atoms with Gasteiger partial charge < -0.3 is 4.74 Å². The van der Waals surface area contributed by atoms with Gasteiger partial charge in [0.15, 0.2) is 0 Å². The van der Waals surface area contributed by atoms with Crippen LogP contribution < -0.4 is 0 Å². The minimum Gasteiger partial charge on any atom is -0.377 e. The van der Waals surface area contributed by atoms with Crippen molar-refractivity contribution < 1.29 is 4.74 Å². The van der Waals surface area contributed by atoms with Gasteiger partial charge in [0, 0.05) is 45.4 Å². The molecule has 0 spiro atoms. The quantitative estimate of drug-likeness (QED) is 0.746. The van der Waals surface area contributed by atoms with E-state index in [1.807, 2.05) is 0 Å². The lowest BCUT2D eigenvalue weighted by atomic mass is 9.97. The first kappa shape index (κ1) is 17.2. The molecule has 0 N–H and O–H groups in total. The maximum Gasteiger partial charge on any atom is 0.0702 e. The molecule has 1 aliphatic carbocycles. The number of piperazine rings is 1. The fraction of sp³-hybridized carbons (Fsp3) is 0.800. The van der Waals surface area contributed by atoms with Crippen LogP contribution in [0.25, 0.3) is 0 Å². The normalized spacial score (nSPS) is 30.1. The van der Waals surface area contributed by atoms with Crippen molar-refractivity contribution in [3.8, 4) is 0 Å². The van der Waals surface area contributed by atoms with Gasteiger partial charge in [-0.1, -0.05) is 37.6 Å². The van der Waals surface area contributed by atoms with Crippen LogP contribution in [0.15, 0.2) is 23.8 Å². The van der Waals surface area contributed by atoms with Crippen LogP contribution in [0, 0.1) is 5.92 Å². The summed E-state index contributed by atoms with van der Waals surface area (Å²) in [5.41, 5.74) is 1.62. The first-order valence-corrected chi connectivity index (χ1v) is 9.63. The standard InChI is InChI=1S/C20H34N2O/c1-17(2)13-19-15-21(16-20-9-6-12-23-20)10-11-22(19)14-18-7-4-3-5-8-18/h3-4,7,17,19-20H,5-6,8-16H2,1-2H3. The van der Waals surface area contributed by atoms with Crippen LogP contribution in [0.3, 0.4) is 0 Å². The molecule has 130 valence electrons. The van der Waals surface area contributed by atoms with Gasteiger partial charge in [0.25, 0.3) is 0 Å². The lowest BCUT2D eigenvalue weighted by molar-refractivity contribution is 0.0251. The highest BCUT2D eigenvalue weighted by atomic mass is 16.5. The summed E-state index contributed by atoms with van der Waals surface area (Å²) in [6.07, 6.45) is 13.7. The molecule has 2 saturated heterocycles. The van der Waals surface area contributed by atoms with E-state index in [4.69, 9.17) is 4.74 Å². The second-order valence-electron chi connectivity index (χ2n) is 7.94. The predicted octanol–water partition coefficient (Wildman–Crippen LogP) is 3.47. The minimum atomic E-state index is 0.493. The molecule has 2 heterocycles. The third-order valence-corrected chi connectivity index (χ3v) is 5.42. The number of allylic oxidation sites excluding steroid dienone is 3. The molecule has 3 nitrogen and oxygen atoms in total. The third-order valence-electron chi connectivity index (χ3n) is 5.42. The minimum absolute atomic E-state index is 0.493. The first-order valence-electron chi connectivity index (χ1n) is 9.63. The van der Waals surface area contributed by atoms with Crippen molar-refractivity contribution in [2.24, 2.45) is 5.92 Å². The lowest BCUT2D eigenvalue weighted by Gasteiger charge is -2.43. The molecular weight excluding hydrogens is 284 g/mol. The van der Waals surface area contributed by atoms with Gasteiger partial charge >= 0.3 is 0 Å². The smallest absolute Gasteiger partial charge is 0.0702 e. The van der Waals surface area contributed by atoms with Crippen molar-refractivity contribution in [1.82, 2.24) is 9.80 Å². The van der Waals surface area contributed by atoms with Crippen LogP contribution in [0.4, 0.5) is 0 Å². The van der Waals surface area contributed by atoms with Crippen LogP contribution in [0.1, 0.15) is 46.0 Å². The Kier molecular flexibility index (Phi) is 6.32. The lowest BCUT2D eigenvalue weighted by Crippen LogP contribution is -2.55. The van der Waals surface area contributed by atoms with Crippen molar-refractivity contribution in [2.75, 3.05) is 39.3 Å². The van der Waals surface area contributed by atoms with Crippen LogP contribution >= 0.6 is 0 Å². The topological polar surface area (TPSA) is 15.7 Å². The summed E-state index contributed by atoms with van der Waals surface area (Å²) in [6.45, 7) is 11.7. The molecule has 0 bridgehead atoms. The summed E-state index contributed by atoms with van der Waals surface area (Å²) in [4.78, 5) is 5.41. The Balaban J connectivity index is 1.56. The molecule has 0 aromatic heterocycles. The predicted molar refractivity (Wildman–Crippen MR) is 96.7 cm³/mol. The highest BCUT2D eigenvalue weighted by molar-refractivity contribution is 5.19. The molecule has 0 radical (unpaired) electrons. The number of hydrogen-bond donors (Lipinski definition) is 0. The SMILES string of the molecule is CC(C)CC1CN(CC2CCCO2)CCN1CC1=CC=CCC1. The van der Waals surface area contributed by atoms with E-state index >= 15 is 0 Å². The average Bonchev–Trinajstić information content (AvgIpc) is 3.03. The Hall–Kier alpha value is -0.640. The van der Waals surface area contributed by atoms with E-state index in [9.17, 15) is 0 Å². The Morgan fingerprint density at radius 3 is 2.91 bits per heavy atom. The van der Waals surface area contributed by atoms with Crippen molar-refractivity contribution in [2.45, 2.75) is 58.1 Å². The highest BCUT2D eigenvalue weighted by Gasteiger charge is 2.30. The Bertz CT molecular complexity index is 423. The summed E-state index contributed by atoms with van der Waals surface area (Å²) in [5, 5.41) is 0. The van der Waals surface area contributed by atoms with Crippen LogP contribution in [0.5, 0.6) is 0 Å². The number of hydrogen-bond acceptors (Lipinski definition) is 3. The number of ether oxygens (including phenoxy) is 1. The maximum atomic E-state index is 5.85. The highest BCUT2D eigenvalue weighted by Crippen LogP contribution is 2.22. The van der Waals surface area contributed by atoms with Gasteiger partial charge in [-0.2, -0.15) is 0 Å². The fourth-order valence-corrected chi connectivity index (χ4v) is 4.22. The molecule has 23 heavy (non-hydrogen) atoms. The molecule has 3 aliphatic rings. The summed E-state index contributed by atoms with van der Waals surface area (Å²) in [7, 11) is 0. The van der Waals surface area contributed by atoms with Crippen molar-refractivity contribution >= 4 is 0 Å². The van der Waals surface area contributed by atoms with Crippen molar-refractivity contribution in [3.05, 3.63) is 23.8 Å². The molecule has 2 aliphatic heterocycles. The van der Waals surface area contributed by atoms with E-state index in [0.717, 1.165) is 19.1 Å². The van der Waals surface area contributed by atoms with E-state index in [0.29, 0.717) is 12.1 Å². The zero-order chi connectivity index (χ0) is 16.1. The number of rotatable bonds is 6. The molecule has 3 heteroatoms. The van der Waals surface area contributed by atoms with Crippen molar-refractivity contribution in [1.29, 1.82) is 0 Å². The molecule has 3 rings (SSSR count). The van der Waals surface area contributed by atoms with Crippen LogP contribution in [-0.4, -0.2) is 61.3 Å². The van der Waals surface area contributed by atoms with Crippen molar-refractivity contribution in [3.63, 3.8) is 0 Å². The molecular formula is C20H34N2O. The zero-order valence-corrected chi connectivity index (χ0v) is 15.0. The Labute approximate surface area is 142 Å². The summed E-state index contributed by atoms with van der Waals surface area (Å²) in [5.74, 6) is 0.769. The third kappa shape index (κ3) is 5.17. The van der Waals surface area contributed by atoms with Crippen LogP contribution in [-0.2, 0) is 4.74 Å². The Morgan fingerprint density at radius 1 is 1.30 bits per heavy atom. The van der Waals surface area contributed by atoms with E-state index in [1.165, 1.54) is 58.3 Å². The van der Waals surface area contributed by atoms with E-state index in [1.54, 1.807) is 5.57 Å². The van der Waals surface area contributed by atoms with E-state index in [-0.39, 0.29) is 0 Å². The van der Waals surface area contributed by atoms with Gasteiger partial charge in [-0.25, -0.2) is 0 Å². The van der Waals surface area contributed by atoms with Gasteiger partial charge in [-0.15, -0.1) is 0 Å².